The molecule has 0 saturated heterocycles. The highest BCUT2D eigenvalue weighted by Gasteiger charge is 2.10. The lowest BCUT2D eigenvalue weighted by molar-refractivity contribution is -0.870. The third kappa shape index (κ3) is 4.53. The van der Waals surface area contributed by atoms with Crippen LogP contribution in [-0.4, -0.2) is 50.9 Å². The number of rotatable bonds is 5. The van der Waals surface area contributed by atoms with Crippen LogP contribution in [0, 0.1) is 0 Å². The van der Waals surface area contributed by atoms with E-state index in [9.17, 15) is 5.11 Å². The summed E-state index contributed by atoms with van der Waals surface area (Å²) in [5, 5.41) is 9.46. The van der Waals surface area contributed by atoms with E-state index in [-0.39, 0.29) is 5.75 Å². The van der Waals surface area contributed by atoms with Crippen molar-refractivity contribution in [2.24, 2.45) is 0 Å². The number of phenolic OH excluding ortho intramolecular Hbond substituents is 1. The zero-order valence-corrected chi connectivity index (χ0v) is 11.3. The number of quaternary nitrogens is 1. The van der Waals surface area contributed by atoms with Gasteiger partial charge in [-0.05, 0) is 12.1 Å². The smallest absolute Gasteiger partial charge is 0.117 e. The number of phenols is 1. The number of nitrogens with zero attached hydrogens (tertiary/aromatic N) is 2. The summed E-state index contributed by atoms with van der Waals surface area (Å²) in [6, 6.07) is 5.06. The maximum atomic E-state index is 9.46. The highest BCUT2D eigenvalue weighted by atomic mass is 16.3. The first-order chi connectivity index (χ1) is 7.79. The molecule has 0 fully saturated rings. The van der Waals surface area contributed by atoms with E-state index in [1.54, 1.807) is 18.2 Å². The molecule has 3 N–H and O–H groups in total. The Hall–Kier alpha value is -1.42. The predicted octanol–water partition coefficient (Wildman–Crippen LogP) is 1.51. The minimum Gasteiger partial charge on any atom is -0.508 e. The molecule has 0 heterocycles. The first-order valence-corrected chi connectivity index (χ1v) is 5.90. The molecule has 1 rings (SSSR count). The Morgan fingerprint density at radius 3 is 2.53 bits per heavy atom. The van der Waals surface area contributed by atoms with Crippen molar-refractivity contribution < 1.29 is 9.59 Å². The molecule has 17 heavy (non-hydrogen) atoms. The number of anilines is 2. The number of aromatic hydroxyl groups is 1. The minimum atomic E-state index is 0.257. The van der Waals surface area contributed by atoms with Crippen LogP contribution in [0.15, 0.2) is 18.2 Å². The Kier molecular flexibility index (Phi) is 4.23. The number of benzene rings is 1. The fraction of sp³-hybridized carbons (Fsp3) is 0.538. The molecule has 96 valence electrons. The number of nitrogen functional groups attached to an aromatic ring is 1. The molecule has 0 unspecified atom stereocenters. The lowest BCUT2D eigenvalue weighted by atomic mass is 10.2. The Balaban J connectivity index is 2.58. The molecule has 0 aliphatic rings. The van der Waals surface area contributed by atoms with E-state index in [2.05, 4.69) is 26.0 Å². The second-order valence-electron chi connectivity index (χ2n) is 5.53. The Labute approximate surface area is 104 Å². The molecule has 0 aromatic heterocycles. The molecule has 0 aliphatic carbocycles. The van der Waals surface area contributed by atoms with Gasteiger partial charge < -0.3 is 20.2 Å². The molecule has 1 aromatic rings. The van der Waals surface area contributed by atoms with Gasteiger partial charge in [-0.25, -0.2) is 0 Å². The summed E-state index contributed by atoms with van der Waals surface area (Å²) in [6.45, 7) is 2.05. The average molecular weight is 238 g/mol. The molecule has 0 radical (unpaired) electrons. The van der Waals surface area contributed by atoms with Crippen LogP contribution >= 0.6 is 0 Å². The molecule has 0 aliphatic heterocycles. The minimum absolute atomic E-state index is 0.257. The van der Waals surface area contributed by atoms with Crippen molar-refractivity contribution in [1.82, 2.24) is 0 Å². The third-order valence-corrected chi connectivity index (χ3v) is 2.75. The van der Waals surface area contributed by atoms with Crippen molar-refractivity contribution >= 4 is 11.4 Å². The van der Waals surface area contributed by atoms with Gasteiger partial charge in [0.25, 0.3) is 0 Å². The third-order valence-electron chi connectivity index (χ3n) is 2.75. The number of nitrogens with two attached hydrogens (primary N) is 1. The fourth-order valence-electron chi connectivity index (χ4n) is 1.77. The summed E-state index contributed by atoms with van der Waals surface area (Å²) in [5.41, 5.74) is 7.49. The summed E-state index contributed by atoms with van der Waals surface area (Å²) in [5.74, 6) is 0.257. The van der Waals surface area contributed by atoms with Gasteiger partial charge in [0.1, 0.15) is 5.75 Å². The topological polar surface area (TPSA) is 49.5 Å². The van der Waals surface area contributed by atoms with Gasteiger partial charge in [-0.2, -0.15) is 0 Å². The van der Waals surface area contributed by atoms with Crippen LogP contribution in [0.5, 0.6) is 5.75 Å². The van der Waals surface area contributed by atoms with E-state index in [0.717, 1.165) is 29.7 Å². The molecular weight excluding hydrogens is 214 g/mol. The van der Waals surface area contributed by atoms with E-state index in [1.807, 2.05) is 7.05 Å². The summed E-state index contributed by atoms with van der Waals surface area (Å²) in [7, 11) is 8.55. The fourth-order valence-corrected chi connectivity index (χ4v) is 1.77. The van der Waals surface area contributed by atoms with Crippen LogP contribution in [-0.2, 0) is 0 Å². The second kappa shape index (κ2) is 5.27. The SMILES string of the molecule is CN(CCC[N+](C)(C)C)c1cc(O)ccc1N. The van der Waals surface area contributed by atoms with Gasteiger partial charge in [0, 0.05) is 26.1 Å². The molecule has 0 bridgehead atoms. The van der Waals surface area contributed by atoms with E-state index < -0.39 is 0 Å². The van der Waals surface area contributed by atoms with Gasteiger partial charge in [-0.3, -0.25) is 0 Å². The largest absolute Gasteiger partial charge is 0.508 e. The Morgan fingerprint density at radius 2 is 1.94 bits per heavy atom. The van der Waals surface area contributed by atoms with Gasteiger partial charge in [-0.15, -0.1) is 0 Å². The van der Waals surface area contributed by atoms with Gasteiger partial charge >= 0.3 is 0 Å². The standard InChI is InChI=1S/C13H23N3O/c1-15(8-5-9-16(2,3)4)13-10-11(17)6-7-12(13)14/h6-7,10H,5,8-9,14H2,1-4H3/p+1. The number of hydrogen-bond donors (Lipinski definition) is 2. The van der Waals surface area contributed by atoms with E-state index in [0.29, 0.717) is 5.69 Å². The van der Waals surface area contributed by atoms with Crippen molar-refractivity contribution in [3.05, 3.63) is 18.2 Å². The van der Waals surface area contributed by atoms with Crippen LogP contribution in [0.1, 0.15) is 6.42 Å². The molecule has 0 atom stereocenters. The molecule has 0 spiro atoms. The zero-order valence-electron chi connectivity index (χ0n) is 11.3. The highest BCUT2D eigenvalue weighted by Crippen LogP contribution is 2.26. The van der Waals surface area contributed by atoms with Gasteiger partial charge in [0.05, 0.1) is 39.1 Å². The summed E-state index contributed by atoms with van der Waals surface area (Å²) >= 11 is 0. The summed E-state index contributed by atoms with van der Waals surface area (Å²) < 4.78 is 0.962. The van der Waals surface area contributed by atoms with Crippen molar-refractivity contribution in [2.75, 3.05) is 51.9 Å². The van der Waals surface area contributed by atoms with Crippen LogP contribution in [0.4, 0.5) is 11.4 Å². The van der Waals surface area contributed by atoms with Crippen LogP contribution in [0.2, 0.25) is 0 Å². The van der Waals surface area contributed by atoms with Gasteiger partial charge in [-0.1, -0.05) is 0 Å². The molecule has 4 nitrogen and oxygen atoms in total. The van der Waals surface area contributed by atoms with Crippen LogP contribution < -0.4 is 10.6 Å². The molecule has 0 amide bonds. The molecule has 4 heteroatoms. The van der Waals surface area contributed by atoms with E-state index >= 15 is 0 Å². The zero-order chi connectivity index (χ0) is 13.1. The first-order valence-electron chi connectivity index (χ1n) is 5.90. The molecular formula is C13H24N3O+. The van der Waals surface area contributed by atoms with Crippen LogP contribution in [0.25, 0.3) is 0 Å². The van der Waals surface area contributed by atoms with Crippen LogP contribution in [0.3, 0.4) is 0 Å². The monoisotopic (exact) mass is 238 g/mol. The highest BCUT2D eigenvalue weighted by molar-refractivity contribution is 5.69. The normalized spacial score (nSPS) is 11.5. The lowest BCUT2D eigenvalue weighted by Gasteiger charge is -2.26. The Bertz CT molecular complexity index is 371. The van der Waals surface area contributed by atoms with E-state index in [4.69, 9.17) is 5.73 Å². The molecule has 0 saturated carbocycles. The first kappa shape index (κ1) is 13.6. The van der Waals surface area contributed by atoms with Crippen molar-refractivity contribution in [2.45, 2.75) is 6.42 Å². The Morgan fingerprint density at radius 1 is 1.29 bits per heavy atom. The quantitative estimate of drug-likeness (QED) is 0.464. The van der Waals surface area contributed by atoms with Crippen molar-refractivity contribution in [1.29, 1.82) is 0 Å². The maximum absolute atomic E-state index is 9.46. The molecule has 1 aromatic carbocycles. The average Bonchev–Trinajstić information content (AvgIpc) is 2.19. The number of hydrogen-bond acceptors (Lipinski definition) is 3. The van der Waals surface area contributed by atoms with Gasteiger partial charge in [0.15, 0.2) is 0 Å². The maximum Gasteiger partial charge on any atom is 0.117 e. The summed E-state index contributed by atoms with van der Waals surface area (Å²) in [4.78, 5) is 2.09. The van der Waals surface area contributed by atoms with Gasteiger partial charge in [0.2, 0.25) is 0 Å². The summed E-state index contributed by atoms with van der Waals surface area (Å²) in [6.07, 6.45) is 1.09. The lowest BCUT2D eigenvalue weighted by Crippen LogP contribution is -2.37. The predicted molar refractivity (Wildman–Crippen MR) is 73.3 cm³/mol. The van der Waals surface area contributed by atoms with E-state index in [1.165, 1.54) is 0 Å². The van der Waals surface area contributed by atoms with Crippen molar-refractivity contribution in [3.63, 3.8) is 0 Å². The second-order valence-corrected chi connectivity index (χ2v) is 5.53. The van der Waals surface area contributed by atoms with Crippen molar-refractivity contribution in [3.8, 4) is 5.75 Å².